The van der Waals surface area contributed by atoms with Gasteiger partial charge >= 0.3 is 6.18 Å². The SMILES string of the molecule is CC(C)(C)CC1NCC(c2cccc(Cl)c2)[C@@]1(C#N)c1ccc(Cl)cc1.O=CNCc1ccccc1C(F)(F)F. The van der Waals surface area contributed by atoms with Gasteiger partial charge in [-0.25, -0.2) is 0 Å². The number of carbonyl (C=O) groups excluding carboxylic acids is 1. The van der Waals surface area contributed by atoms with Gasteiger partial charge in [0.25, 0.3) is 0 Å². The van der Waals surface area contributed by atoms with E-state index in [-0.39, 0.29) is 29.5 Å². The van der Waals surface area contributed by atoms with Gasteiger partial charge in [-0.2, -0.15) is 18.4 Å². The molecular weight excluding hydrogens is 558 g/mol. The molecule has 3 aromatic carbocycles. The lowest BCUT2D eigenvalue weighted by Gasteiger charge is -2.37. The second-order valence-electron chi connectivity index (χ2n) is 11.0. The van der Waals surface area contributed by atoms with Crippen LogP contribution in [0, 0.1) is 16.7 Å². The Balaban J connectivity index is 0.000000267. The standard InChI is InChI=1S/C22H24Cl2N2.C9H8F3NO/c1-21(2,3)12-20-22(14-25,16-7-9-17(23)10-8-16)19(13-26-20)15-5-4-6-18(24)11-15;10-9(11,12)8-4-2-1-3-7(8)5-13-6-14/h4-11,19-20,26H,12-13H2,1-3H3;1-4,6H,5H2,(H,13,14)/t19?,20?,22-;/m1./s1. The number of nitrogens with one attached hydrogen (secondary N) is 2. The summed E-state index contributed by atoms with van der Waals surface area (Å²) in [7, 11) is 0. The van der Waals surface area contributed by atoms with Crippen LogP contribution in [0.5, 0.6) is 0 Å². The molecule has 4 rings (SSSR count). The van der Waals surface area contributed by atoms with Crippen molar-refractivity contribution in [3.8, 4) is 6.07 Å². The lowest BCUT2D eigenvalue weighted by molar-refractivity contribution is -0.138. The number of amides is 1. The van der Waals surface area contributed by atoms with Crippen LogP contribution in [0.4, 0.5) is 13.2 Å². The molecule has 1 saturated heterocycles. The molecule has 40 heavy (non-hydrogen) atoms. The van der Waals surface area contributed by atoms with Gasteiger partial charge in [0, 0.05) is 35.1 Å². The quantitative estimate of drug-likeness (QED) is 0.287. The summed E-state index contributed by atoms with van der Waals surface area (Å²) in [6.07, 6.45) is -3.10. The Hall–Kier alpha value is -3.05. The van der Waals surface area contributed by atoms with Crippen molar-refractivity contribution in [2.45, 2.75) is 57.3 Å². The van der Waals surface area contributed by atoms with Crippen LogP contribution >= 0.6 is 23.2 Å². The van der Waals surface area contributed by atoms with Crippen molar-refractivity contribution < 1.29 is 18.0 Å². The molecule has 212 valence electrons. The highest BCUT2D eigenvalue weighted by molar-refractivity contribution is 6.30. The third-order valence-electron chi connectivity index (χ3n) is 6.94. The Labute approximate surface area is 243 Å². The average molecular weight is 591 g/mol. The topological polar surface area (TPSA) is 64.9 Å². The van der Waals surface area contributed by atoms with Crippen molar-refractivity contribution in [3.63, 3.8) is 0 Å². The molecule has 3 atom stereocenters. The van der Waals surface area contributed by atoms with E-state index >= 15 is 0 Å². The lowest BCUT2D eigenvalue weighted by atomic mass is 9.64. The number of halogens is 5. The maximum absolute atomic E-state index is 12.4. The normalized spacial score (nSPS) is 20.7. The van der Waals surface area contributed by atoms with Crippen LogP contribution in [-0.2, 0) is 22.9 Å². The molecule has 9 heteroatoms. The van der Waals surface area contributed by atoms with Crippen molar-refractivity contribution in [2.24, 2.45) is 5.41 Å². The van der Waals surface area contributed by atoms with Gasteiger partial charge in [0.2, 0.25) is 6.41 Å². The van der Waals surface area contributed by atoms with Crippen molar-refractivity contribution in [1.29, 1.82) is 5.26 Å². The largest absolute Gasteiger partial charge is 0.416 e. The first-order valence-corrected chi connectivity index (χ1v) is 13.6. The van der Waals surface area contributed by atoms with Crippen LogP contribution < -0.4 is 10.6 Å². The van der Waals surface area contributed by atoms with Gasteiger partial charge in [0.1, 0.15) is 5.41 Å². The molecule has 2 unspecified atom stereocenters. The van der Waals surface area contributed by atoms with Gasteiger partial charge in [0.15, 0.2) is 0 Å². The maximum Gasteiger partial charge on any atom is 0.416 e. The summed E-state index contributed by atoms with van der Waals surface area (Å²) in [4.78, 5) is 9.95. The van der Waals surface area contributed by atoms with Gasteiger partial charge in [0.05, 0.1) is 11.6 Å². The number of nitriles is 1. The third-order valence-corrected chi connectivity index (χ3v) is 7.43. The second kappa shape index (κ2) is 13.1. The number of benzene rings is 3. The van der Waals surface area contributed by atoms with Crippen molar-refractivity contribution in [2.75, 3.05) is 6.54 Å². The zero-order valence-electron chi connectivity index (χ0n) is 22.5. The summed E-state index contributed by atoms with van der Waals surface area (Å²) in [5.74, 6) is 0.0275. The van der Waals surface area contributed by atoms with E-state index in [1.165, 1.54) is 18.2 Å². The highest BCUT2D eigenvalue weighted by Gasteiger charge is 2.53. The zero-order chi connectivity index (χ0) is 29.6. The molecule has 1 heterocycles. The first kappa shape index (κ1) is 31.5. The summed E-state index contributed by atoms with van der Waals surface area (Å²) in [5.41, 5.74) is 0.894. The monoisotopic (exact) mass is 589 g/mol. The fourth-order valence-electron chi connectivity index (χ4n) is 5.23. The molecule has 0 radical (unpaired) electrons. The van der Waals surface area contributed by atoms with E-state index in [4.69, 9.17) is 23.2 Å². The minimum Gasteiger partial charge on any atom is -0.355 e. The van der Waals surface area contributed by atoms with Gasteiger partial charge in [-0.1, -0.05) is 86.4 Å². The first-order valence-electron chi connectivity index (χ1n) is 12.8. The summed E-state index contributed by atoms with van der Waals surface area (Å²) in [6.45, 7) is 7.28. The molecule has 0 saturated carbocycles. The van der Waals surface area contributed by atoms with Gasteiger partial charge in [-0.15, -0.1) is 0 Å². The molecule has 3 aromatic rings. The Kier molecular flexibility index (Phi) is 10.3. The molecule has 0 aromatic heterocycles. The van der Waals surface area contributed by atoms with Crippen molar-refractivity contribution in [3.05, 3.63) is 105 Å². The molecule has 1 fully saturated rings. The number of carbonyl (C=O) groups is 1. The minimum absolute atomic E-state index is 0.0275. The van der Waals surface area contributed by atoms with Crippen LogP contribution in [0.15, 0.2) is 72.8 Å². The van der Waals surface area contributed by atoms with Crippen molar-refractivity contribution in [1.82, 2.24) is 10.6 Å². The Morgan fingerprint density at radius 1 is 1.02 bits per heavy atom. The van der Waals surface area contributed by atoms with E-state index in [9.17, 15) is 23.2 Å². The van der Waals surface area contributed by atoms with Crippen LogP contribution in [0.1, 0.15) is 55.4 Å². The average Bonchev–Trinajstić information content (AvgIpc) is 3.25. The van der Waals surface area contributed by atoms with Crippen LogP contribution in [-0.4, -0.2) is 19.0 Å². The van der Waals surface area contributed by atoms with E-state index in [1.807, 2.05) is 42.5 Å². The highest BCUT2D eigenvalue weighted by atomic mass is 35.5. The molecule has 1 amide bonds. The van der Waals surface area contributed by atoms with E-state index in [2.05, 4.69) is 43.5 Å². The lowest BCUT2D eigenvalue weighted by Crippen LogP contribution is -2.44. The number of hydrogen-bond acceptors (Lipinski definition) is 3. The van der Waals surface area contributed by atoms with Gasteiger partial charge < -0.3 is 10.6 Å². The van der Waals surface area contributed by atoms with Gasteiger partial charge in [-0.3, -0.25) is 4.79 Å². The summed E-state index contributed by atoms with van der Waals surface area (Å²) in [6, 6.07) is 23.5. The van der Waals surface area contributed by atoms with E-state index in [0.717, 1.165) is 30.2 Å². The molecule has 1 aliphatic rings. The summed E-state index contributed by atoms with van der Waals surface area (Å²) >= 11 is 12.4. The smallest absolute Gasteiger partial charge is 0.355 e. The fourth-order valence-corrected chi connectivity index (χ4v) is 5.55. The number of alkyl halides is 3. The predicted octanol–water partition coefficient (Wildman–Crippen LogP) is 7.90. The van der Waals surface area contributed by atoms with Crippen molar-refractivity contribution >= 4 is 29.6 Å². The molecule has 0 spiro atoms. The van der Waals surface area contributed by atoms with Crippen LogP contribution in [0.3, 0.4) is 0 Å². The molecule has 0 bridgehead atoms. The van der Waals surface area contributed by atoms with E-state index < -0.39 is 17.2 Å². The molecule has 0 aliphatic carbocycles. The summed E-state index contributed by atoms with van der Waals surface area (Å²) in [5, 5.41) is 17.7. The molecule has 2 N–H and O–H groups in total. The third kappa shape index (κ3) is 7.57. The number of rotatable bonds is 6. The zero-order valence-corrected chi connectivity index (χ0v) is 24.0. The Bertz CT molecular complexity index is 1330. The Morgan fingerprint density at radius 2 is 1.70 bits per heavy atom. The molecule has 1 aliphatic heterocycles. The number of nitrogens with zero attached hydrogens (tertiary/aromatic N) is 1. The van der Waals surface area contributed by atoms with Gasteiger partial charge in [-0.05, 0) is 58.9 Å². The van der Waals surface area contributed by atoms with E-state index in [0.29, 0.717) is 16.5 Å². The maximum atomic E-state index is 12.4. The predicted molar refractivity (Wildman–Crippen MR) is 153 cm³/mol. The van der Waals surface area contributed by atoms with Crippen LogP contribution in [0.2, 0.25) is 10.0 Å². The number of hydrogen-bond donors (Lipinski definition) is 2. The Morgan fingerprint density at radius 3 is 2.27 bits per heavy atom. The first-order chi connectivity index (χ1) is 18.8. The minimum atomic E-state index is -4.37. The molecular formula is C31H32Cl2F3N3O. The summed E-state index contributed by atoms with van der Waals surface area (Å²) < 4.78 is 37.1. The van der Waals surface area contributed by atoms with Crippen LogP contribution in [0.25, 0.3) is 0 Å². The second-order valence-corrected chi connectivity index (χ2v) is 11.8. The highest BCUT2D eigenvalue weighted by Crippen LogP contribution is 2.48. The molecule has 4 nitrogen and oxygen atoms in total. The fraction of sp³-hybridized carbons (Fsp3) is 0.355. The van der Waals surface area contributed by atoms with E-state index in [1.54, 1.807) is 0 Å².